The maximum atomic E-state index is 13.0. The number of rotatable bonds is 6. The van der Waals surface area contributed by atoms with Gasteiger partial charge in [0.25, 0.3) is 0 Å². The standard InChI is InChI=1S/C33H31N5O2/c1-24-9-6-7-14-29(24)38-22-28(26-11-4-3-5-12-26)31-32(34-23-35-33(31)38)37-19-17-36(18-20-37)30(39)16-15-25-10-8-13-27(21-25)40-2/h3-16,21-23H,17-20H2,1-2H3/b16-15+. The molecular weight excluding hydrogens is 498 g/mol. The molecule has 0 unspecified atom stereocenters. The molecule has 0 radical (unpaired) electrons. The summed E-state index contributed by atoms with van der Waals surface area (Å²) in [6.45, 7) is 4.73. The van der Waals surface area contributed by atoms with E-state index >= 15 is 0 Å². The maximum Gasteiger partial charge on any atom is 0.246 e. The summed E-state index contributed by atoms with van der Waals surface area (Å²) < 4.78 is 7.45. The number of carbonyl (C=O) groups is 1. The van der Waals surface area contributed by atoms with E-state index in [4.69, 9.17) is 14.7 Å². The fraction of sp³-hybridized carbons (Fsp3) is 0.182. The highest BCUT2D eigenvalue weighted by Gasteiger charge is 2.25. The minimum atomic E-state index is 0.00554. The van der Waals surface area contributed by atoms with Crippen LogP contribution in [0.4, 0.5) is 5.82 Å². The summed E-state index contributed by atoms with van der Waals surface area (Å²) in [6.07, 6.45) is 7.30. The van der Waals surface area contributed by atoms with Crippen molar-refractivity contribution in [3.05, 3.63) is 109 Å². The molecule has 2 aromatic heterocycles. The minimum absolute atomic E-state index is 0.00554. The molecule has 200 valence electrons. The third-order valence-corrected chi connectivity index (χ3v) is 7.43. The Morgan fingerprint density at radius 2 is 1.68 bits per heavy atom. The molecule has 7 nitrogen and oxygen atoms in total. The van der Waals surface area contributed by atoms with Crippen LogP contribution in [-0.2, 0) is 4.79 Å². The summed E-state index contributed by atoms with van der Waals surface area (Å²) in [5, 5.41) is 1.02. The van der Waals surface area contributed by atoms with Crippen LogP contribution in [0.2, 0.25) is 0 Å². The lowest BCUT2D eigenvalue weighted by atomic mass is 10.1. The molecule has 0 N–H and O–H groups in total. The number of hydrogen-bond acceptors (Lipinski definition) is 5. The Labute approximate surface area is 234 Å². The summed E-state index contributed by atoms with van der Waals surface area (Å²) >= 11 is 0. The SMILES string of the molecule is COc1cccc(/C=C/C(=O)N2CCN(c3ncnc4c3c(-c3ccccc3)cn4-c3ccccc3C)CC2)c1. The fourth-order valence-corrected chi connectivity index (χ4v) is 5.30. The molecule has 1 amide bonds. The number of aromatic nitrogens is 3. The highest BCUT2D eigenvalue weighted by atomic mass is 16.5. The van der Waals surface area contributed by atoms with E-state index in [0.717, 1.165) is 45.0 Å². The first kappa shape index (κ1) is 25.4. The lowest BCUT2D eigenvalue weighted by Crippen LogP contribution is -2.48. The summed E-state index contributed by atoms with van der Waals surface area (Å²) in [4.78, 5) is 26.7. The summed E-state index contributed by atoms with van der Waals surface area (Å²) in [7, 11) is 1.64. The van der Waals surface area contributed by atoms with E-state index in [1.54, 1.807) is 19.5 Å². The monoisotopic (exact) mass is 529 g/mol. The van der Waals surface area contributed by atoms with Gasteiger partial charge in [0, 0.05) is 49.7 Å². The molecule has 3 heterocycles. The van der Waals surface area contributed by atoms with Gasteiger partial charge in [0.15, 0.2) is 5.65 Å². The van der Waals surface area contributed by atoms with Gasteiger partial charge in [0.2, 0.25) is 5.91 Å². The van der Waals surface area contributed by atoms with Crippen molar-refractivity contribution in [1.82, 2.24) is 19.4 Å². The van der Waals surface area contributed by atoms with Gasteiger partial charge >= 0.3 is 0 Å². The zero-order chi connectivity index (χ0) is 27.5. The maximum absolute atomic E-state index is 13.0. The Morgan fingerprint density at radius 3 is 2.45 bits per heavy atom. The number of hydrogen-bond donors (Lipinski definition) is 0. The minimum Gasteiger partial charge on any atom is -0.497 e. The molecule has 6 rings (SSSR count). The molecule has 40 heavy (non-hydrogen) atoms. The number of amides is 1. The molecule has 0 bridgehead atoms. The number of carbonyl (C=O) groups excluding carboxylic acids is 1. The van der Waals surface area contributed by atoms with E-state index in [9.17, 15) is 4.79 Å². The van der Waals surface area contributed by atoms with Gasteiger partial charge < -0.3 is 19.1 Å². The van der Waals surface area contributed by atoms with Gasteiger partial charge in [0.1, 0.15) is 17.9 Å². The van der Waals surface area contributed by atoms with Crippen LogP contribution in [0.5, 0.6) is 5.75 Å². The first-order valence-electron chi connectivity index (χ1n) is 13.5. The van der Waals surface area contributed by atoms with E-state index < -0.39 is 0 Å². The van der Waals surface area contributed by atoms with Crippen molar-refractivity contribution in [2.45, 2.75) is 6.92 Å². The summed E-state index contributed by atoms with van der Waals surface area (Å²) in [5.74, 6) is 1.67. The van der Waals surface area contributed by atoms with Gasteiger partial charge in [-0.05, 0) is 47.9 Å². The third-order valence-electron chi connectivity index (χ3n) is 7.43. The van der Waals surface area contributed by atoms with E-state index in [0.29, 0.717) is 26.2 Å². The Bertz CT molecular complexity index is 1680. The molecule has 0 spiro atoms. The summed E-state index contributed by atoms with van der Waals surface area (Å²) in [5.41, 5.74) is 6.28. The number of benzene rings is 3. The Hall–Kier alpha value is -4.91. The van der Waals surface area contributed by atoms with Crippen molar-refractivity contribution < 1.29 is 9.53 Å². The van der Waals surface area contributed by atoms with E-state index in [1.165, 1.54) is 5.56 Å². The Morgan fingerprint density at radius 1 is 0.900 bits per heavy atom. The van der Waals surface area contributed by atoms with Crippen molar-refractivity contribution in [2.75, 3.05) is 38.2 Å². The zero-order valence-electron chi connectivity index (χ0n) is 22.7. The predicted octanol–water partition coefficient (Wildman–Crippen LogP) is 5.77. The van der Waals surface area contributed by atoms with Crippen LogP contribution in [0.1, 0.15) is 11.1 Å². The Balaban J connectivity index is 1.29. The quantitative estimate of drug-likeness (QED) is 0.262. The number of piperazine rings is 1. The number of para-hydroxylation sites is 1. The van der Waals surface area contributed by atoms with E-state index in [1.807, 2.05) is 41.3 Å². The van der Waals surface area contributed by atoms with Crippen molar-refractivity contribution in [3.63, 3.8) is 0 Å². The largest absolute Gasteiger partial charge is 0.497 e. The van der Waals surface area contributed by atoms with Gasteiger partial charge in [-0.2, -0.15) is 0 Å². The number of fused-ring (bicyclic) bond motifs is 1. The molecule has 0 aliphatic carbocycles. The van der Waals surface area contributed by atoms with Gasteiger partial charge in [-0.1, -0.05) is 60.7 Å². The van der Waals surface area contributed by atoms with Crippen LogP contribution < -0.4 is 9.64 Å². The van der Waals surface area contributed by atoms with Crippen molar-refractivity contribution in [2.24, 2.45) is 0 Å². The topological polar surface area (TPSA) is 63.5 Å². The second kappa shape index (κ2) is 11.1. The molecule has 0 atom stereocenters. The van der Waals surface area contributed by atoms with Crippen LogP contribution in [0.15, 0.2) is 97.5 Å². The number of nitrogens with zero attached hydrogens (tertiary/aromatic N) is 5. The zero-order valence-corrected chi connectivity index (χ0v) is 22.7. The molecule has 1 aliphatic heterocycles. The molecule has 3 aromatic carbocycles. The highest BCUT2D eigenvalue weighted by molar-refractivity contribution is 6.02. The second-order valence-electron chi connectivity index (χ2n) is 9.88. The van der Waals surface area contributed by atoms with Crippen LogP contribution in [0.25, 0.3) is 33.9 Å². The van der Waals surface area contributed by atoms with Crippen molar-refractivity contribution in [3.8, 4) is 22.6 Å². The molecule has 1 saturated heterocycles. The Kier molecular flexibility index (Phi) is 7.02. The number of methoxy groups -OCH3 is 1. The van der Waals surface area contributed by atoms with E-state index in [-0.39, 0.29) is 5.91 Å². The lowest BCUT2D eigenvalue weighted by molar-refractivity contribution is -0.126. The smallest absolute Gasteiger partial charge is 0.246 e. The van der Waals surface area contributed by atoms with Crippen LogP contribution >= 0.6 is 0 Å². The highest BCUT2D eigenvalue weighted by Crippen LogP contribution is 2.37. The molecule has 1 fully saturated rings. The molecule has 5 aromatic rings. The van der Waals surface area contributed by atoms with Crippen LogP contribution in [-0.4, -0.2) is 58.6 Å². The summed E-state index contributed by atoms with van der Waals surface area (Å²) in [6, 6.07) is 26.4. The first-order valence-corrected chi connectivity index (χ1v) is 13.5. The first-order chi connectivity index (χ1) is 19.6. The normalized spacial score (nSPS) is 13.8. The average Bonchev–Trinajstić information content (AvgIpc) is 3.40. The lowest BCUT2D eigenvalue weighted by Gasteiger charge is -2.35. The van der Waals surface area contributed by atoms with Gasteiger partial charge in [-0.15, -0.1) is 0 Å². The number of anilines is 1. The van der Waals surface area contributed by atoms with Gasteiger partial charge in [0.05, 0.1) is 12.5 Å². The number of ether oxygens (including phenoxy) is 1. The molecule has 7 heteroatoms. The van der Waals surface area contributed by atoms with E-state index in [2.05, 4.69) is 71.1 Å². The third kappa shape index (κ3) is 4.94. The van der Waals surface area contributed by atoms with Crippen LogP contribution in [0, 0.1) is 6.92 Å². The van der Waals surface area contributed by atoms with Crippen molar-refractivity contribution in [1.29, 1.82) is 0 Å². The van der Waals surface area contributed by atoms with Gasteiger partial charge in [-0.3, -0.25) is 4.79 Å². The molecular formula is C33H31N5O2. The fourth-order valence-electron chi connectivity index (χ4n) is 5.30. The molecule has 0 saturated carbocycles. The van der Waals surface area contributed by atoms with Gasteiger partial charge in [-0.25, -0.2) is 9.97 Å². The van der Waals surface area contributed by atoms with Crippen molar-refractivity contribution >= 4 is 28.8 Å². The van der Waals surface area contributed by atoms with Crippen LogP contribution in [0.3, 0.4) is 0 Å². The predicted molar refractivity (Wildman–Crippen MR) is 160 cm³/mol. The average molecular weight is 530 g/mol. The molecule has 1 aliphatic rings. The number of aryl methyl sites for hydroxylation is 1. The second-order valence-corrected chi connectivity index (χ2v) is 9.88.